The summed E-state index contributed by atoms with van der Waals surface area (Å²) < 4.78 is 0. The standard InChI is InChI=1S/C13H19NS/c1-10(8-14)9-15-13-6-5-11-3-2-4-12(11)7-13/h5-7,10H,2-4,8-9,14H2,1H3. The molecule has 0 bridgehead atoms. The Kier molecular flexibility index (Phi) is 3.71. The molecule has 0 aliphatic heterocycles. The van der Waals surface area contributed by atoms with Gasteiger partial charge in [0.2, 0.25) is 0 Å². The van der Waals surface area contributed by atoms with Crippen LogP contribution in [0.25, 0.3) is 0 Å². The zero-order valence-electron chi connectivity index (χ0n) is 9.33. The van der Waals surface area contributed by atoms with Crippen molar-refractivity contribution in [2.45, 2.75) is 31.1 Å². The first-order valence-electron chi connectivity index (χ1n) is 5.74. The number of thioether (sulfide) groups is 1. The van der Waals surface area contributed by atoms with Gasteiger partial charge in [0.25, 0.3) is 0 Å². The smallest absolute Gasteiger partial charge is 0.00749 e. The van der Waals surface area contributed by atoms with Crippen LogP contribution in [0.1, 0.15) is 24.5 Å². The lowest BCUT2D eigenvalue weighted by atomic mass is 10.1. The zero-order valence-corrected chi connectivity index (χ0v) is 10.1. The fourth-order valence-electron chi connectivity index (χ4n) is 1.94. The van der Waals surface area contributed by atoms with E-state index in [9.17, 15) is 0 Å². The van der Waals surface area contributed by atoms with E-state index in [-0.39, 0.29) is 0 Å². The van der Waals surface area contributed by atoms with E-state index >= 15 is 0 Å². The molecule has 1 aromatic rings. The van der Waals surface area contributed by atoms with Crippen molar-refractivity contribution in [2.75, 3.05) is 12.3 Å². The molecule has 0 saturated heterocycles. The van der Waals surface area contributed by atoms with E-state index in [0.29, 0.717) is 5.92 Å². The summed E-state index contributed by atoms with van der Waals surface area (Å²) in [7, 11) is 0. The molecule has 0 heterocycles. The molecule has 2 rings (SSSR count). The highest BCUT2D eigenvalue weighted by Crippen LogP contribution is 2.28. The molecule has 2 heteroatoms. The summed E-state index contributed by atoms with van der Waals surface area (Å²) in [5, 5.41) is 0. The molecule has 2 N–H and O–H groups in total. The summed E-state index contributed by atoms with van der Waals surface area (Å²) in [6, 6.07) is 6.94. The van der Waals surface area contributed by atoms with E-state index in [2.05, 4.69) is 25.1 Å². The molecule has 0 fully saturated rings. The molecule has 1 unspecified atom stereocenters. The highest BCUT2D eigenvalue weighted by atomic mass is 32.2. The van der Waals surface area contributed by atoms with Crippen LogP contribution in [0.5, 0.6) is 0 Å². The molecular formula is C13H19NS. The van der Waals surface area contributed by atoms with E-state index in [4.69, 9.17) is 5.73 Å². The van der Waals surface area contributed by atoms with Crippen LogP contribution >= 0.6 is 11.8 Å². The highest BCUT2D eigenvalue weighted by molar-refractivity contribution is 7.99. The number of hydrogen-bond acceptors (Lipinski definition) is 2. The van der Waals surface area contributed by atoms with Crippen LogP contribution < -0.4 is 5.73 Å². The molecule has 0 aromatic heterocycles. The van der Waals surface area contributed by atoms with Gasteiger partial charge in [-0.3, -0.25) is 0 Å². The summed E-state index contributed by atoms with van der Waals surface area (Å²) in [5.41, 5.74) is 8.74. The molecule has 0 amide bonds. The van der Waals surface area contributed by atoms with Crippen LogP contribution in [0.4, 0.5) is 0 Å². The molecule has 82 valence electrons. The Bertz CT molecular complexity index is 335. The van der Waals surface area contributed by atoms with Crippen molar-refractivity contribution in [3.8, 4) is 0 Å². The van der Waals surface area contributed by atoms with Gasteiger partial charge in [-0.2, -0.15) is 0 Å². The van der Waals surface area contributed by atoms with E-state index in [0.717, 1.165) is 12.3 Å². The largest absolute Gasteiger partial charge is 0.330 e. The van der Waals surface area contributed by atoms with Crippen molar-refractivity contribution in [1.29, 1.82) is 0 Å². The lowest BCUT2D eigenvalue weighted by molar-refractivity contribution is 0.675. The van der Waals surface area contributed by atoms with Crippen LogP contribution in [0, 0.1) is 5.92 Å². The number of fused-ring (bicyclic) bond motifs is 1. The first-order valence-corrected chi connectivity index (χ1v) is 6.73. The maximum Gasteiger partial charge on any atom is 0.00749 e. The minimum absolute atomic E-state index is 0.614. The first-order chi connectivity index (χ1) is 7.29. The summed E-state index contributed by atoms with van der Waals surface area (Å²) in [6.45, 7) is 3.00. The summed E-state index contributed by atoms with van der Waals surface area (Å²) in [5.74, 6) is 1.75. The number of benzene rings is 1. The van der Waals surface area contributed by atoms with Crippen molar-refractivity contribution in [1.82, 2.24) is 0 Å². The molecule has 0 radical (unpaired) electrons. The monoisotopic (exact) mass is 221 g/mol. The second-order valence-electron chi connectivity index (χ2n) is 4.44. The summed E-state index contributed by atoms with van der Waals surface area (Å²) in [6.07, 6.45) is 3.89. The maximum absolute atomic E-state index is 5.61. The predicted octanol–water partition coefficient (Wildman–Crippen LogP) is 2.86. The third kappa shape index (κ3) is 2.76. The van der Waals surface area contributed by atoms with E-state index in [1.165, 1.54) is 24.2 Å². The molecule has 1 aromatic carbocycles. The number of rotatable bonds is 4. The van der Waals surface area contributed by atoms with Crippen molar-refractivity contribution < 1.29 is 0 Å². The van der Waals surface area contributed by atoms with Crippen LogP contribution in [0.3, 0.4) is 0 Å². The fourth-order valence-corrected chi connectivity index (χ4v) is 2.95. The third-order valence-electron chi connectivity index (χ3n) is 3.01. The predicted molar refractivity (Wildman–Crippen MR) is 67.4 cm³/mol. The molecular weight excluding hydrogens is 202 g/mol. The van der Waals surface area contributed by atoms with Gasteiger partial charge in [0.05, 0.1) is 0 Å². The van der Waals surface area contributed by atoms with E-state index in [1.54, 1.807) is 11.1 Å². The molecule has 1 aliphatic rings. The van der Waals surface area contributed by atoms with Gasteiger partial charge in [-0.05, 0) is 55.0 Å². The number of aryl methyl sites for hydroxylation is 2. The number of nitrogens with two attached hydrogens (primary N) is 1. The topological polar surface area (TPSA) is 26.0 Å². The molecule has 1 atom stereocenters. The average Bonchev–Trinajstić information content (AvgIpc) is 2.72. The van der Waals surface area contributed by atoms with Crippen molar-refractivity contribution in [3.63, 3.8) is 0 Å². The van der Waals surface area contributed by atoms with Crippen LogP contribution in [-0.2, 0) is 12.8 Å². The van der Waals surface area contributed by atoms with Crippen molar-refractivity contribution in [2.24, 2.45) is 11.7 Å². The van der Waals surface area contributed by atoms with Crippen LogP contribution in [-0.4, -0.2) is 12.3 Å². The van der Waals surface area contributed by atoms with Gasteiger partial charge in [-0.15, -0.1) is 11.8 Å². The molecule has 0 spiro atoms. The summed E-state index contributed by atoms with van der Waals surface area (Å²) in [4.78, 5) is 1.41. The second kappa shape index (κ2) is 5.04. The van der Waals surface area contributed by atoms with Gasteiger partial charge in [0, 0.05) is 10.6 Å². The average molecular weight is 221 g/mol. The van der Waals surface area contributed by atoms with Gasteiger partial charge >= 0.3 is 0 Å². The van der Waals surface area contributed by atoms with Gasteiger partial charge in [-0.1, -0.05) is 13.0 Å². The maximum atomic E-state index is 5.61. The highest BCUT2D eigenvalue weighted by Gasteiger charge is 2.11. The first kappa shape index (κ1) is 11.0. The lowest BCUT2D eigenvalue weighted by Gasteiger charge is -2.08. The van der Waals surface area contributed by atoms with Crippen molar-refractivity contribution >= 4 is 11.8 Å². The number of hydrogen-bond donors (Lipinski definition) is 1. The Labute approximate surface area is 96.4 Å². The normalized spacial score (nSPS) is 16.4. The van der Waals surface area contributed by atoms with E-state index in [1.807, 2.05) is 11.8 Å². The minimum atomic E-state index is 0.614. The Hall–Kier alpha value is -0.470. The second-order valence-corrected chi connectivity index (χ2v) is 5.53. The Balaban J connectivity index is 1.98. The quantitative estimate of drug-likeness (QED) is 0.791. The van der Waals surface area contributed by atoms with E-state index < -0.39 is 0 Å². The molecule has 15 heavy (non-hydrogen) atoms. The van der Waals surface area contributed by atoms with Crippen LogP contribution in [0.2, 0.25) is 0 Å². The van der Waals surface area contributed by atoms with Gasteiger partial charge < -0.3 is 5.73 Å². The van der Waals surface area contributed by atoms with Crippen LogP contribution in [0.15, 0.2) is 23.1 Å². The zero-order chi connectivity index (χ0) is 10.7. The minimum Gasteiger partial charge on any atom is -0.330 e. The molecule has 0 saturated carbocycles. The molecule has 1 nitrogen and oxygen atoms in total. The SMILES string of the molecule is CC(CN)CSc1ccc2c(c1)CCC2. The Morgan fingerprint density at radius 3 is 2.93 bits per heavy atom. The van der Waals surface area contributed by atoms with Gasteiger partial charge in [0.15, 0.2) is 0 Å². The Morgan fingerprint density at radius 1 is 1.33 bits per heavy atom. The third-order valence-corrected chi connectivity index (χ3v) is 4.33. The lowest BCUT2D eigenvalue weighted by Crippen LogP contribution is -2.12. The van der Waals surface area contributed by atoms with Gasteiger partial charge in [0.1, 0.15) is 0 Å². The van der Waals surface area contributed by atoms with Gasteiger partial charge in [-0.25, -0.2) is 0 Å². The fraction of sp³-hybridized carbons (Fsp3) is 0.538. The molecule has 1 aliphatic carbocycles. The Morgan fingerprint density at radius 2 is 2.13 bits per heavy atom. The van der Waals surface area contributed by atoms with Crippen molar-refractivity contribution in [3.05, 3.63) is 29.3 Å². The summed E-state index contributed by atoms with van der Waals surface area (Å²) >= 11 is 1.94.